The van der Waals surface area contributed by atoms with Crippen LogP contribution in [0.3, 0.4) is 0 Å². The molecular formula is C16H18F3NO2. The third kappa shape index (κ3) is 2.60. The molecule has 22 heavy (non-hydrogen) atoms. The number of fused-ring (bicyclic) bond motifs is 2. The summed E-state index contributed by atoms with van der Waals surface area (Å²) in [5.74, 6) is -0.425. The van der Waals surface area contributed by atoms with Gasteiger partial charge in [-0.3, -0.25) is 4.79 Å². The maximum absolute atomic E-state index is 12.7. The second-order valence-electron chi connectivity index (χ2n) is 6.20. The topological polar surface area (TPSA) is 38.3 Å². The fourth-order valence-electron chi connectivity index (χ4n) is 3.81. The van der Waals surface area contributed by atoms with Gasteiger partial charge in [0.1, 0.15) is 0 Å². The van der Waals surface area contributed by atoms with Crippen LogP contribution in [0.15, 0.2) is 24.3 Å². The lowest BCUT2D eigenvalue weighted by Gasteiger charge is -2.38. The summed E-state index contributed by atoms with van der Waals surface area (Å²) >= 11 is 0. The van der Waals surface area contributed by atoms with Crippen LogP contribution in [0.4, 0.5) is 13.2 Å². The largest absolute Gasteiger partial charge is 0.469 e. The van der Waals surface area contributed by atoms with Gasteiger partial charge in [0.05, 0.1) is 18.6 Å². The molecule has 0 saturated carbocycles. The number of carbonyl (C=O) groups is 1. The first-order valence-electron chi connectivity index (χ1n) is 7.37. The van der Waals surface area contributed by atoms with Crippen LogP contribution in [0.5, 0.6) is 0 Å². The van der Waals surface area contributed by atoms with Crippen molar-refractivity contribution >= 4 is 5.97 Å². The van der Waals surface area contributed by atoms with E-state index in [2.05, 4.69) is 5.32 Å². The molecule has 3 atom stereocenters. The summed E-state index contributed by atoms with van der Waals surface area (Å²) in [6, 6.07) is 5.50. The van der Waals surface area contributed by atoms with Gasteiger partial charge in [0.25, 0.3) is 0 Å². The zero-order valence-corrected chi connectivity index (χ0v) is 12.2. The predicted octanol–water partition coefficient (Wildman–Crippen LogP) is 3.24. The number of esters is 1. The van der Waals surface area contributed by atoms with Crippen LogP contribution in [0.1, 0.15) is 36.8 Å². The van der Waals surface area contributed by atoms with Crippen molar-refractivity contribution in [1.29, 1.82) is 0 Å². The molecule has 0 aliphatic carbocycles. The number of piperidine rings is 1. The van der Waals surface area contributed by atoms with Gasteiger partial charge in [0, 0.05) is 11.6 Å². The van der Waals surface area contributed by atoms with E-state index in [4.69, 9.17) is 4.74 Å². The molecule has 2 aliphatic heterocycles. The van der Waals surface area contributed by atoms with E-state index in [1.807, 2.05) is 0 Å². The fraction of sp³-hybridized carbons (Fsp3) is 0.562. The number of methoxy groups -OCH3 is 1. The molecular weight excluding hydrogens is 295 g/mol. The maximum Gasteiger partial charge on any atom is 0.416 e. The van der Waals surface area contributed by atoms with Gasteiger partial charge in [-0.1, -0.05) is 12.1 Å². The Hall–Kier alpha value is -1.56. The Morgan fingerprint density at radius 2 is 2.00 bits per heavy atom. The highest BCUT2D eigenvalue weighted by Gasteiger charge is 2.48. The van der Waals surface area contributed by atoms with Crippen molar-refractivity contribution in [3.8, 4) is 0 Å². The molecule has 3 nitrogen and oxygen atoms in total. The number of carbonyl (C=O) groups excluding carboxylic acids is 1. The molecule has 0 radical (unpaired) electrons. The molecule has 1 aromatic carbocycles. The van der Waals surface area contributed by atoms with E-state index in [-0.39, 0.29) is 17.9 Å². The van der Waals surface area contributed by atoms with E-state index in [0.29, 0.717) is 6.42 Å². The minimum absolute atomic E-state index is 0.193. The molecule has 2 fully saturated rings. The van der Waals surface area contributed by atoms with E-state index in [0.717, 1.165) is 37.0 Å². The van der Waals surface area contributed by atoms with Crippen LogP contribution >= 0.6 is 0 Å². The summed E-state index contributed by atoms with van der Waals surface area (Å²) < 4.78 is 42.9. The quantitative estimate of drug-likeness (QED) is 0.852. The Balaban J connectivity index is 1.88. The fourth-order valence-corrected chi connectivity index (χ4v) is 3.81. The van der Waals surface area contributed by atoms with Gasteiger partial charge in [0.2, 0.25) is 0 Å². The highest BCUT2D eigenvalue weighted by Crippen LogP contribution is 2.46. The predicted molar refractivity (Wildman–Crippen MR) is 74.0 cm³/mol. The first-order valence-corrected chi connectivity index (χ1v) is 7.37. The second-order valence-corrected chi connectivity index (χ2v) is 6.20. The molecule has 2 bridgehead atoms. The van der Waals surface area contributed by atoms with Crippen LogP contribution in [0.25, 0.3) is 0 Å². The van der Waals surface area contributed by atoms with Gasteiger partial charge >= 0.3 is 12.1 Å². The molecule has 120 valence electrons. The highest BCUT2D eigenvalue weighted by atomic mass is 19.4. The Labute approximate surface area is 126 Å². The van der Waals surface area contributed by atoms with Crippen molar-refractivity contribution in [2.45, 2.75) is 43.4 Å². The second kappa shape index (κ2) is 5.26. The van der Waals surface area contributed by atoms with E-state index >= 15 is 0 Å². The third-order valence-corrected chi connectivity index (χ3v) is 4.86. The van der Waals surface area contributed by atoms with Gasteiger partial charge < -0.3 is 10.1 Å². The summed E-state index contributed by atoms with van der Waals surface area (Å²) in [7, 11) is 1.37. The lowest BCUT2D eigenvalue weighted by Crippen LogP contribution is -2.48. The van der Waals surface area contributed by atoms with E-state index in [1.54, 1.807) is 0 Å². The van der Waals surface area contributed by atoms with Crippen molar-refractivity contribution in [2.24, 2.45) is 5.92 Å². The molecule has 6 heteroatoms. The van der Waals surface area contributed by atoms with Crippen molar-refractivity contribution in [3.05, 3.63) is 35.4 Å². The first-order chi connectivity index (χ1) is 10.3. The first kappa shape index (κ1) is 15.3. The average molecular weight is 313 g/mol. The summed E-state index contributed by atoms with van der Waals surface area (Å²) in [6.07, 6.45) is -1.27. The minimum Gasteiger partial charge on any atom is -0.469 e. The molecule has 0 spiro atoms. The summed E-state index contributed by atoms with van der Waals surface area (Å²) in [5.41, 5.74) is -0.245. The number of hydrogen-bond donors (Lipinski definition) is 1. The van der Waals surface area contributed by atoms with Gasteiger partial charge in [-0.15, -0.1) is 0 Å². The molecule has 0 amide bonds. The molecule has 0 aromatic heterocycles. The van der Waals surface area contributed by atoms with Crippen molar-refractivity contribution in [3.63, 3.8) is 0 Å². The lowest BCUT2D eigenvalue weighted by molar-refractivity contribution is -0.147. The Morgan fingerprint density at radius 1 is 1.32 bits per heavy atom. The Morgan fingerprint density at radius 3 is 2.59 bits per heavy atom. The molecule has 1 unspecified atom stereocenters. The third-order valence-electron chi connectivity index (χ3n) is 4.86. The Bertz CT molecular complexity index is 570. The van der Waals surface area contributed by atoms with Gasteiger partial charge in [0.15, 0.2) is 0 Å². The smallest absolute Gasteiger partial charge is 0.416 e. The van der Waals surface area contributed by atoms with Crippen molar-refractivity contribution in [1.82, 2.24) is 5.32 Å². The SMILES string of the molecule is COC(=O)C1C[C@@H]2CC[C@@](c3ccc(C(F)(F)F)cc3)(C1)N2. The zero-order valence-electron chi connectivity index (χ0n) is 12.2. The van der Waals surface area contributed by atoms with Gasteiger partial charge in [-0.05, 0) is 43.4 Å². The summed E-state index contributed by atoms with van der Waals surface area (Å²) in [5, 5.41) is 3.50. The average Bonchev–Trinajstić information content (AvgIpc) is 2.81. The maximum atomic E-state index is 12.7. The molecule has 1 N–H and O–H groups in total. The highest BCUT2D eigenvalue weighted by molar-refractivity contribution is 5.73. The number of ether oxygens (including phenoxy) is 1. The van der Waals surface area contributed by atoms with Crippen LogP contribution < -0.4 is 5.32 Å². The normalized spacial score (nSPS) is 31.1. The van der Waals surface area contributed by atoms with E-state index in [9.17, 15) is 18.0 Å². The van der Waals surface area contributed by atoms with E-state index < -0.39 is 17.3 Å². The van der Waals surface area contributed by atoms with Gasteiger partial charge in [-0.2, -0.15) is 13.2 Å². The monoisotopic (exact) mass is 313 g/mol. The summed E-state index contributed by atoms with van der Waals surface area (Å²) in [6.45, 7) is 0. The number of rotatable bonds is 2. The van der Waals surface area contributed by atoms with Crippen molar-refractivity contribution in [2.75, 3.05) is 7.11 Å². The Kier molecular flexibility index (Phi) is 3.67. The van der Waals surface area contributed by atoms with Crippen LogP contribution in [-0.2, 0) is 21.2 Å². The number of hydrogen-bond acceptors (Lipinski definition) is 3. The minimum atomic E-state index is -4.33. The van der Waals surface area contributed by atoms with Crippen LogP contribution in [-0.4, -0.2) is 19.1 Å². The molecule has 2 aliphatic rings. The molecule has 2 saturated heterocycles. The molecule has 1 aromatic rings. The number of nitrogens with one attached hydrogen (secondary N) is 1. The van der Waals surface area contributed by atoms with Gasteiger partial charge in [-0.25, -0.2) is 0 Å². The summed E-state index contributed by atoms with van der Waals surface area (Å²) in [4.78, 5) is 11.8. The lowest BCUT2D eigenvalue weighted by atomic mass is 9.78. The molecule has 3 rings (SSSR count). The van der Waals surface area contributed by atoms with E-state index in [1.165, 1.54) is 19.2 Å². The molecule has 2 heterocycles. The number of halogens is 3. The van der Waals surface area contributed by atoms with Crippen LogP contribution in [0, 0.1) is 5.92 Å². The number of alkyl halides is 3. The zero-order chi connectivity index (χ0) is 16.0. The standard InChI is InChI=1S/C16H18F3NO2/c1-22-14(21)10-8-13-6-7-15(9-10,20-13)11-2-4-12(5-3-11)16(17,18)19/h2-5,10,13,20H,6-9H2,1H3/t10?,13-,15-/m0/s1. The van der Waals surface area contributed by atoms with Crippen LogP contribution in [0.2, 0.25) is 0 Å². The van der Waals surface area contributed by atoms with Crippen molar-refractivity contribution < 1.29 is 22.7 Å². The number of benzene rings is 1.